The molecule has 0 aliphatic carbocycles. The normalized spacial score (nSPS) is 22.5. The Morgan fingerprint density at radius 1 is 1.33 bits per heavy atom. The number of ether oxygens (including phenoxy) is 2. The van der Waals surface area contributed by atoms with Gasteiger partial charge in [0.2, 0.25) is 0 Å². The molecule has 0 amide bonds. The van der Waals surface area contributed by atoms with E-state index >= 15 is 0 Å². The summed E-state index contributed by atoms with van der Waals surface area (Å²) < 4.78 is 11.4. The third kappa shape index (κ3) is 2.63. The zero-order chi connectivity index (χ0) is 16.6. The number of hydrogen-bond donors (Lipinski definition) is 0. The van der Waals surface area contributed by atoms with Gasteiger partial charge in [-0.3, -0.25) is 4.79 Å². The van der Waals surface area contributed by atoms with E-state index in [1.54, 1.807) is 13.4 Å². The van der Waals surface area contributed by atoms with Crippen LogP contribution in [0.4, 0.5) is 5.82 Å². The summed E-state index contributed by atoms with van der Waals surface area (Å²) in [6, 6.07) is 9.41. The molecule has 0 saturated carbocycles. The van der Waals surface area contributed by atoms with Crippen molar-refractivity contribution in [2.45, 2.75) is 25.0 Å². The first-order chi connectivity index (χ1) is 11.7. The van der Waals surface area contributed by atoms with Crippen LogP contribution in [0.1, 0.15) is 28.9 Å². The monoisotopic (exact) mass is 325 g/mol. The summed E-state index contributed by atoms with van der Waals surface area (Å²) in [6.07, 6.45) is 2.77. The minimum atomic E-state index is -0.461. The highest BCUT2D eigenvalue weighted by molar-refractivity contribution is 6.00. The molecule has 1 aromatic heterocycles. The van der Waals surface area contributed by atoms with Crippen molar-refractivity contribution in [1.82, 2.24) is 9.97 Å². The maximum atomic E-state index is 12.5. The smallest absolute Gasteiger partial charge is 0.170 e. The molecule has 0 radical (unpaired) electrons. The van der Waals surface area contributed by atoms with Crippen LogP contribution in [0.3, 0.4) is 0 Å². The van der Waals surface area contributed by atoms with Crippen molar-refractivity contribution in [3.05, 3.63) is 47.9 Å². The zero-order valence-electron chi connectivity index (χ0n) is 13.6. The Balaban J connectivity index is 1.57. The van der Waals surface area contributed by atoms with Gasteiger partial charge >= 0.3 is 0 Å². The molecule has 0 N–H and O–H groups in total. The van der Waals surface area contributed by atoms with E-state index in [2.05, 4.69) is 14.9 Å². The van der Waals surface area contributed by atoms with E-state index < -0.39 is 5.60 Å². The molecule has 24 heavy (non-hydrogen) atoms. The molecule has 3 heterocycles. The summed E-state index contributed by atoms with van der Waals surface area (Å²) in [7, 11) is 1.64. The highest BCUT2D eigenvalue weighted by Gasteiger charge is 2.46. The Labute approximate surface area is 140 Å². The highest BCUT2D eigenvalue weighted by Crippen LogP contribution is 2.39. The van der Waals surface area contributed by atoms with E-state index in [0.717, 1.165) is 24.5 Å². The van der Waals surface area contributed by atoms with Crippen LogP contribution >= 0.6 is 0 Å². The molecule has 1 saturated heterocycles. The number of methoxy groups -OCH3 is 1. The molecule has 1 aromatic carbocycles. The number of Topliss-reactive ketones (excluding diaryl/α,β-unsaturated/α-hetero) is 1. The second-order valence-corrected chi connectivity index (χ2v) is 6.35. The molecule has 4 rings (SSSR count). The summed E-state index contributed by atoms with van der Waals surface area (Å²) in [5, 5.41) is 0. The third-order valence-corrected chi connectivity index (χ3v) is 4.64. The first-order valence-electron chi connectivity index (χ1n) is 8.05. The number of aromatic nitrogens is 2. The van der Waals surface area contributed by atoms with Crippen LogP contribution in [0.5, 0.6) is 5.75 Å². The lowest BCUT2D eigenvalue weighted by molar-refractivity contribution is 0.0538. The van der Waals surface area contributed by atoms with Gasteiger partial charge in [-0.2, -0.15) is 0 Å². The molecule has 0 bridgehead atoms. The highest BCUT2D eigenvalue weighted by atomic mass is 16.5. The predicted molar refractivity (Wildman–Crippen MR) is 88.3 cm³/mol. The number of benzene rings is 1. The van der Waals surface area contributed by atoms with Gasteiger partial charge < -0.3 is 14.4 Å². The van der Waals surface area contributed by atoms with Crippen molar-refractivity contribution >= 4 is 11.6 Å². The van der Waals surface area contributed by atoms with Gasteiger partial charge in [-0.05, 0) is 12.1 Å². The number of hydrogen-bond acceptors (Lipinski definition) is 6. The number of nitrogens with zero attached hydrogens (tertiary/aromatic N) is 3. The Kier molecular flexibility index (Phi) is 3.69. The summed E-state index contributed by atoms with van der Waals surface area (Å²) in [5.74, 6) is 1.70. The van der Waals surface area contributed by atoms with Crippen LogP contribution in [0, 0.1) is 0 Å². The van der Waals surface area contributed by atoms with Crippen LogP contribution in [0.2, 0.25) is 0 Å². The molecule has 2 aliphatic heterocycles. The predicted octanol–water partition coefficient (Wildman–Crippen LogP) is 2.24. The van der Waals surface area contributed by atoms with Gasteiger partial charge in [-0.25, -0.2) is 9.97 Å². The molecule has 6 heteroatoms. The molecule has 124 valence electrons. The number of fused-ring (bicyclic) bond motifs is 1. The van der Waals surface area contributed by atoms with E-state index in [4.69, 9.17) is 9.47 Å². The third-order valence-electron chi connectivity index (χ3n) is 4.64. The Morgan fingerprint density at radius 2 is 2.21 bits per heavy atom. The number of anilines is 1. The maximum absolute atomic E-state index is 12.5. The van der Waals surface area contributed by atoms with Crippen LogP contribution in [0.15, 0.2) is 36.7 Å². The molecule has 1 atom stereocenters. The summed E-state index contributed by atoms with van der Waals surface area (Å²) in [5.41, 5.74) is 1.07. The number of para-hydroxylation sites is 1. The van der Waals surface area contributed by atoms with Gasteiger partial charge in [-0.15, -0.1) is 0 Å². The van der Waals surface area contributed by atoms with Crippen molar-refractivity contribution in [3.63, 3.8) is 0 Å². The van der Waals surface area contributed by atoms with Crippen LogP contribution in [-0.2, 0) is 11.3 Å². The van der Waals surface area contributed by atoms with Crippen LogP contribution in [-0.4, -0.2) is 41.6 Å². The van der Waals surface area contributed by atoms with E-state index in [1.165, 1.54) is 0 Å². The number of carbonyl (C=O) groups is 1. The Bertz CT molecular complexity index is 780. The summed E-state index contributed by atoms with van der Waals surface area (Å²) >= 11 is 0. The van der Waals surface area contributed by atoms with Gasteiger partial charge in [-0.1, -0.05) is 12.1 Å². The minimum Gasteiger partial charge on any atom is -0.484 e. The molecule has 2 aliphatic rings. The molecule has 1 fully saturated rings. The fourth-order valence-corrected chi connectivity index (χ4v) is 3.50. The summed E-state index contributed by atoms with van der Waals surface area (Å²) in [4.78, 5) is 23.2. The number of ketones is 1. The van der Waals surface area contributed by atoms with Gasteiger partial charge in [0.05, 0.1) is 30.8 Å². The molecular formula is C18H19N3O3. The van der Waals surface area contributed by atoms with Crippen molar-refractivity contribution in [3.8, 4) is 5.75 Å². The van der Waals surface area contributed by atoms with Crippen molar-refractivity contribution in [2.75, 3.05) is 25.1 Å². The van der Waals surface area contributed by atoms with Crippen LogP contribution < -0.4 is 9.64 Å². The average molecular weight is 325 g/mol. The molecule has 2 aromatic rings. The lowest BCUT2D eigenvalue weighted by atomic mass is 9.89. The standard InChI is InChI=1S/C18H19N3O3/c1-23-10-13-8-17(20-12-19-13)21-7-6-18(11-21)9-15(22)14-4-2-3-5-16(14)24-18/h2-5,8,12H,6-7,9-11H2,1H3/t18-/m0/s1. The summed E-state index contributed by atoms with van der Waals surface area (Å²) in [6.45, 7) is 1.91. The van der Waals surface area contributed by atoms with Gasteiger partial charge in [0, 0.05) is 26.1 Å². The molecular weight excluding hydrogens is 306 g/mol. The number of rotatable bonds is 3. The second-order valence-electron chi connectivity index (χ2n) is 6.35. The lowest BCUT2D eigenvalue weighted by Gasteiger charge is -2.34. The topological polar surface area (TPSA) is 64.5 Å². The maximum Gasteiger partial charge on any atom is 0.170 e. The lowest BCUT2D eigenvalue weighted by Crippen LogP contribution is -2.44. The van der Waals surface area contributed by atoms with E-state index in [1.807, 2.05) is 30.3 Å². The van der Waals surface area contributed by atoms with E-state index in [-0.39, 0.29) is 5.78 Å². The van der Waals surface area contributed by atoms with Crippen molar-refractivity contribution in [2.24, 2.45) is 0 Å². The Hall–Kier alpha value is -2.47. The largest absolute Gasteiger partial charge is 0.484 e. The van der Waals surface area contributed by atoms with Gasteiger partial charge in [0.1, 0.15) is 23.5 Å². The minimum absolute atomic E-state index is 0.154. The van der Waals surface area contributed by atoms with Gasteiger partial charge in [0.15, 0.2) is 5.78 Å². The van der Waals surface area contributed by atoms with Crippen molar-refractivity contribution < 1.29 is 14.3 Å². The average Bonchev–Trinajstić information content (AvgIpc) is 2.99. The van der Waals surface area contributed by atoms with E-state index in [9.17, 15) is 4.79 Å². The van der Waals surface area contributed by atoms with Gasteiger partial charge in [0.25, 0.3) is 0 Å². The molecule has 6 nitrogen and oxygen atoms in total. The fourth-order valence-electron chi connectivity index (χ4n) is 3.50. The van der Waals surface area contributed by atoms with Crippen molar-refractivity contribution in [1.29, 1.82) is 0 Å². The first kappa shape index (κ1) is 15.1. The first-order valence-corrected chi connectivity index (χ1v) is 8.05. The zero-order valence-corrected chi connectivity index (χ0v) is 13.6. The van der Waals surface area contributed by atoms with E-state index in [0.29, 0.717) is 30.9 Å². The SMILES string of the molecule is COCc1cc(N2CC[C@]3(CC(=O)c4ccccc4O3)C2)ncn1. The number of carbonyl (C=O) groups excluding carboxylic acids is 1. The molecule has 1 spiro atoms. The second kappa shape index (κ2) is 5.87. The fraction of sp³-hybridized carbons (Fsp3) is 0.389. The molecule has 0 unspecified atom stereocenters. The quantitative estimate of drug-likeness (QED) is 0.862. The van der Waals surface area contributed by atoms with Crippen LogP contribution in [0.25, 0.3) is 0 Å². The Morgan fingerprint density at radius 3 is 3.08 bits per heavy atom.